The van der Waals surface area contributed by atoms with Crippen LogP contribution in [-0.2, 0) is 11.2 Å². The molecule has 0 bridgehead atoms. The van der Waals surface area contributed by atoms with Crippen LogP contribution < -0.4 is 4.74 Å². The van der Waals surface area contributed by atoms with E-state index >= 15 is 0 Å². The van der Waals surface area contributed by atoms with E-state index < -0.39 is 0 Å². The number of fused-ring (bicyclic) bond motifs is 1. The number of benzene rings is 1. The fraction of sp³-hybridized carbons (Fsp3) is 0.438. The van der Waals surface area contributed by atoms with Crippen LogP contribution in [0.2, 0.25) is 0 Å². The van der Waals surface area contributed by atoms with Crippen molar-refractivity contribution in [1.29, 1.82) is 0 Å². The van der Waals surface area contributed by atoms with E-state index in [1.165, 1.54) is 16.6 Å². The van der Waals surface area contributed by atoms with Crippen LogP contribution in [0.4, 0.5) is 0 Å². The van der Waals surface area contributed by atoms with Gasteiger partial charge in [0.05, 0.1) is 7.11 Å². The Bertz CT molecular complexity index is 633. The Morgan fingerprint density at radius 2 is 2.35 bits per heavy atom. The van der Waals surface area contributed by atoms with Gasteiger partial charge in [0, 0.05) is 29.2 Å². The van der Waals surface area contributed by atoms with Crippen molar-refractivity contribution in [2.75, 3.05) is 13.7 Å². The molecule has 0 spiro atoms. The molecule has 1 N–H and O–H groups in total. The number of H-pyrrole nitrogens is 1. The van der Waals surface area contributed by atoms with E-state index in [1.807, 2.05) is 11.0 Å². The molecule has 0 saturated carbocycles. The molecule has 4 nitrogen and oxygen atoms in total. The highest BCUT2D eigenvalue weighted by atomic mass is 16.5. The number of aromatic nitrogens is 1. The fourth-order valence-corrected chi connectivity index (χ4v) is 3.20. The summed E-state index contributed by atoms with van der Waals surface area (Å²) in [5, 5.41) is 1.21. The zero-order chi connectivity index (χ0) is 14.1. The predicted octanol–water partition coefficient (Wildman–Crippen LogP) is 2.65. The summed E-state index contributed by atoms with van der Waals surface area (Å²) in [6, 6.07) is 6.43. The molecular formula is C16H20N2O2. The minimum atomic E-state index is 0.330. The van der Waals surface area contributed by atoms with Crippen molar-refractivity contribution >= 4 is 17.3 Å². The average molecular weight is 272 g/mol. The van der Waals surface area contributed by atoms with E-state index in [1.54, 1.807) is 7.11 Å². The zero-order valence-electron chi connectivity index (χ0n) is 12.0. The van der Waals surface area contributed by atoms with Crippen LogP contribution in [0.5, 0.6) is 5.75 Å². The Morgan fingerprint density at radius 3 is 3.10 bits per heavy atom. The quantitative estimate of drug-likeness (QED) is 0.870. The molecule has 0 radical (unpaired) electrons. The van der Waals surface area contributed by atoms with E-state index in [0.29, 0.717) is 6.04 Å². The highest BCUT2D eigenvalue weighted by molar-refractivity contribution is 5.86. The summed E-state index contributed by atoms with van der Waals surface area (Å²) in [5.74, 6) is 0.872. The molecule has 4 heteroatoms. The number of carbonyl (C=O) groups excluding carboxylic acids is 1. The van der Waals surface area contributed by atoms with Crippen LogP contribution in [-0.4, -0.2) is 36.0 Å². The van der Waals surface area contributed by atoms with E-state index in [9.17, 15) is 4.79 Å². The highest BCUT2D eigenvalue weighted by Crippen LogP contribution is 2.29. The van der Waals surface area contributed by atoms with Crippen molar-refractivity contribution in [2.24, 2.45) is 0 Å². The number of methoxy groups -OCH3 is 1. The molecule has 1 saturated heterocycles. The second-order valence-corrected chi connectivity index (χ2v) is 5.48. The van der Waals surface area contributed by atoms with Crippen molar-refractivity contribution in [3.63, 3.8) is 0 Å². The monoisotopic (exact) mass is 272 g/mol. The van der Waals surface area contributed by atoms with E-state index in [2.05, 4.69) is 24.0 Å². The molecule has 1 aliphatic heterocycles. The standard InChI is InChI=1S/C16H20N2O2/c1-11-14(8-12-4-3-7-18(12)10-19)15-9-13(20-2)5-6-16(15)17-11/h5-6,9-10,12,17H,3-4,7-8H2,1-2H3. The van der Waals surface area contributed by atoms with Crippen molar-refractivity contribution < 1.29 is 9.53 Å². The number of rotatable bonds is 4. The van der Waals surface area contributed by atoms with Gasteiger partial charge in [0.2, 0.25) is 6.41 Å². The summed E-state index contributed by atoms with van der Waals surface area (Å²) in [6.07, 6.45) is 4.10. The van der Waals surface area contributed by atoms with Crippen molar-refractivity contribution in [1.82, 2.24) is 9.88 Å². The molecular weight excluding hydrogens is 252 g/mol. The SMILES string of the molecule is COc1ccc2[nH]c(C)c(CC3CCCN3C=O)c2c1. The third kappa shape index (κ3) is 2.15. The number of hydrogen-bond acceptors (Lipinski definition) is 2. The average Bonchev–Trinajstić information content (AvgIpc) is 3.03. The van der Waals surface area contributed by atoms with E-state index in [0.717, 1.165) is 43.5 Å². The highest BCUT2D eigenvalue weighted by Gasteiger charge is 2.25. The largest absolute Gasteiger partial charge is 0.497 e. The lowest BCUT2D eigenvalue weighted by Gasteiger charge is -2.20. The second kappa shape index (κ2) is 5.19. The minimum absolute atomic E-state index is 0.330. The Labute approximate surface area is 118 Å². The number of hydrogen-bond donors (Lipinski definition) is 1. The van der Waals surface area contributed by atoms with Gasteiger partial charge in [0.15, 0.2) is 0 Å². The molecule has 1 aromatic heterocycles. The summed E-state index contributed by atoms with van der Waals surface area (Å²) in [7, 11) is 1.69. The zero-order valence-corrected chi connectivity index (χ0v) is 12.0. The molecule has 1 fully saturated rings. The number of aryl methyl sites for hydroxylation is 1. The molecule has 1 aromatic carbocycles. The number of ether oxygens (including phenoxy) is 1. The summed E-state index contributed by atoms with van der Waals surface area (Å²) < 4.78 is 5.32. The maximum Gasteiger partial charge on any atom is 0.209 e. The van der Waals surface area contributed by atoms with Crippen LogP contribution >= 0.6 is 0 Å². The lowest BCUT2D eigenvalue weighted by atomic mass is 10.0. The van der Waals surface area contributed by atoms with Gasteiger partial charge in [0.25, 0.3) is 0 Å². The van der Waals surface area contributed by atoms with Gasteiger partial charge in [-0.15, -0.1) is 0 Å². The van der Waals surface area contributed by atoms with Crippen molar-refractivity contribution in [3.8, 4) is 5.75 Å². The Kier molecular flexibility index (Phi) is 3.38. The van der Waals surface area contributed by atoms with E-state index in [-0.39, 0.29) is 0 Å². The topological polar surface area (TPSA) is 45.3 Å². The van der Waals surface area contributed by atoms with Gasteiger partial charge in [0.1, 0.15) is 5.75 Å². The molecule has 1 amide bonds. The second-order valence-electron chi connectivity index (χ2n) is 5.48. The predicted molar refractivity (Wildman–Crippen MR) is 79.1 cm³/mol. The lowest BCUT2D eigenvalue weighted by molar-refractivity contribution is -0.118. The molecule has 2 heterocycles. The number of nitrogens with one attached hydrogen (secondary N) is 1. The Morgan fingerprint density at radius 1 is 1.50 bits per heavy atom. The first-order chi connectivity index (χ1) is 9.72. The molecule has 2 aromatic rings. The Hall–Kier alpha value is -1.97. The molecule has 1 aliphatic rings. The molecule has 0 aliphatic carbocycles. The molecule has 3 rings (SSSR count). The van der Waals surface area contributed by atoms with E-state index in [4.69, 9.17) is 4.74 Å². The first-order valence-electron chi connectivity index (χ1n) is 7.09. The number of carbonyl (C=O) groups is 1. The van der Waals surface area contributed by atoms with Crippen molar-refractivity contribution in [2.45, 2.75) is 32.2 Å². The maximum absolute atomic E-state index is 11.1. The normalized spacial score (nSPS) is 18.7. The summed E-state index contributed by atoms with van der Waals surface area (Å²) in [6.45, 7) is 2.99. The van der Waals surface area contributed by atoms with Crippen LogP contribution in [0, 0.1) is 6.92 Å². The molecule has 106 valence electrons. The molecule has 20 heavy (non-hydrogen) atoms. The van der Waals surface area contributed by atoms with Crippen LogP contribution in [0.3, 0.4) is 0 Å². The minimum Gasteiger partial charge on any atom is -0.497 e. The van der Waals surface area contributed by atoms with Crippen LogP contribution in [0.1, 0.15) is 24.1 Å². The van der Waals surface area contributed by atoms with Crippen molar-refractivity contribution in [3.05, 3.63) is 29.5 Å². The maximum atomic E-state index is 11.1. The van der Waals surface area contributed by atoms with Gasteiger partial charge in [-0.05, 0) is 49.9 Å². The fourth-order valence-electron chi connectivity index (χ4n) is 3.20. The van der Waals surface area contributed by atoms with Gasteiger partial charge in [-0.3, -0.25) is 4.79 Å². The van der Waals surface area contributed by atoms with Gasteiger partial charge < -0.3 is 14.6 Å². The van der Waals surface area contributed by atoms with Gasteiger partial charge in [-0.25, -0.2) is 0 Å². The lowest BCUT2D eigenvalue weighted by Crippen LogP contribution is -2.29. The number of nitrogens with zero attached hydrogens (tertiary/aromatic N) is 1. The molecule has 1 unspecified atom stereocenters. The number of likely N-dealkylation sites (tertiary alicyclic amines) is 1. The first kappa shape index (κ1) is 13.0. The number of amides is 1. The Balaban J connectivity index is 1.97. The summed E-state index contributed by atoms with van der Waals surface area (Å²) in [5.41, 5.74) is 3.62. The van der Waals surface area contributed by atoms with Crippen LogP contribution in [0.25, 0.3) is 10.9 Å². The first-order valence-corrected chi connectivity index (χ1v) is 7.09. The third-order valence-corrected chi connectivity index (χ3v) is 4.32. The van der Waals surface area contributed by atoms with Gasteiger partial charge in [-0.1, -0.05) is 0 Å². The number of aromatic amines is 1. The third-order valence-electron chi connectivity index (χ3n) is 4.32. The molecule has 1 atom stereocenters. The van der Waals surface area contributed by atoms with Gasteiger partial charge >= 0.3 is 0 Å². The van der Waals surface area contributed by atoms with Crippen LogP contribution in [0.15, 0.2) is 18.2 Å². The smallest absolute Gasteiger partial charge is 0.209 e. The summed E-state index contributed by atoms with van der Waals surface area (Å²) in [4.78, 5) is 16.4. The van der Waals surface area contributed by atoms with Gasteiger partial charge in [-0.2, -0.15) is 0 Å². The summed E-state index contributed by atoms with van der Waals surface area (Å²) >= 11 is 0.